The zero-order chi connectivity index (χ0) is 12.8. The summed E-state index contributed by atoms with van der Waals surface area (Å²) in [5.41, 5.74) is 0.945. The molecule has 2 heterocycles. The van der Waals surface area contributed by atoms with E-state index in [1.807, 2.05) is 12.1 Å². The van der Waals surface area contributed by atoms with Crippen LogP contribution >= 0.6 is 22.9 Å². The van der Waals surface area contributed by atoms with E-state index < -0.39 is 0 Å². The Bertz CT molecular complexity index is 470. The van der Waals surface area contributed by atoms with Gasteiger partial charge < -0.3 is 5.32 Å². The molecule has 2 aromatic rings. The lowest BCUT2D eigenvalue weighted by Gasteiger charge is -2.18. The summed E-state index contributed by atoms with van der Waals surface area (Å²) in [6.45, 7) is 3.14. The summed E-state index contributed by atoms with van der Waals surface area (Å²) in [5, 5.41) is 6.37. The fourth-order valence-electron chi connectivity index (χ4n) is 1.87. The van der Waals surface area contributed by atoms with E-state index in [0.29, 0.717) is 0 Å². The quantitative estimate of drug-likeness (QED) is 0.862. The number of nitrogens with one attached hydrogen (secondary N) is 1. The Hall–Kier alpha value is -0.900. The van der Waals surface area contributed by atoms with Crippen LogP contribution in [0.15, 0.2) is 35.8 Å². The Balaban J connectivity index is 2.16. The van der Waals surface area contributed by atoms with E-state index in [4.69, 9.17) is 11.6 Å². The minimum atomic E-state index is 0.192. The van der Waals surface area contributed by atoms with Crippen molar-refractivity contribution in [1.82, 2.24) is 10.3 Å². The average Bonchev–Trinajstić information content (AvgIpc) is 2.88. The molecule has 0 saturated carbocycles. The van der Waals surface area contributed by atoms with E-state index >= 15 is 0 Å². The molecule has 0 fully saturated rings. The van der Waals surface area contributed by atoms with Gasteiger partial charge in [0.25, 0.3) is 0 Å². The molecule has 0 radical (unpaired) electrons. The molecule has 0 aromatic carbocycles. The van der Waals surface area contributed by atoms with Crippen LogP contribution in [0.1, 0.15) is 30.0 Å². The number of thiophene rings is 1. The van der Waals surface area contributed by atoms with E-state index in [9.17, 15) is 0 Å². The Labute approximate surface area is 117 Å². The molecular formula is C14H17ClN2S. The summed E-state index contributed by atoms with van der Waals surface area (Å²) in [7, 11) is 0. The van der Waals surface area contributed by atoms with Crippen molar-refractivity contribution >= 4 is 22.9 Å². The third-order valence-corrected chi connectivity index (χ3v) is 3.96. The Kier molecular flexibility index (Phi) is 5.17. The Morgan fingerprint density at radius 3 is 2.94 bits per heavy atom. The number of hydrogen-bond acceptors (Lipinski definition) is 3. The summed E-state index contributed by atoms with van der Waals surface area (Å²) in [4.78, 5) is 5.77. The van der Waals surface area contributed by atoms with Gasteiger partial charge in [-0.15, -0.1) is 11.3 Å². The van der Waals surface area contributed by atoms with Crippen molar-refractivity contribution in [1.29, 1.82) is 0 Å². The van der Waals surface area contributed by atoms with Crippen molar-refractivity contribution < 1.29 is 0 Å². The highest BCUT2D eigenvalue weighted by Crippen LogP contribution is 2.25. The molecule has 0 bridgehead atoms. The SMILES string of the molecule is CCCNC(Cc1cccs1)c1ncccc1Cl. The molecule has 2 rings (SSSR count). The van der Waals surface area contributed by atoms with Gasteiger partial charge in [-0.05, 0) is 36.5 Å². The van der Waals surface area contributed by atoms with Crippen LogP contribution in [0.3, 0.4) is 0 Å². The predicted octanol–water partition coefficient (Wildman–Crippen LogP) is 4.08. The number of nitrogens with zero attached hydrogens (tertiary/aromatic N) is 1. The molecule has 2 nitrogen and oxygen atoms in total. The molecule has 0 aliphatic heterocycles. The standard InChI is InChI=1S/C14H17ClN2S/c1-2-7-16-13(10-11-5-4-9-18-11)14-12(15)6-3-8-17-14/h3-6,8-9,13,16H,2,7,10H2,1H3. The van der Waals surface area contributed by atoms with Crippen LogP contribution in [-0.2, 0) is 6.42 Å². The molecule has 1 atom stereocenters. The molecule has 2 aromatic heterocycles. The molecule has 0 amide bonds. The van der Waals surface area contributed by atoms with Crippen LogP contribution in [0.25, 0.3) is 0 Å². The minimum Gasteiger partial charge on any atom is -0.308 e. The molecule has 0 aliphatic rings. The molecule has 18 heavy (non-hydrogen) atoms. The molecule has 4 heteroatoms. The normalized spacial score (nSPS) is 12.6. The van der Waals surface area contributed by atoms with Crippen LogP contribution in [0, 0.1) is 0 Å². The summed E-state index contributed by atoms with van der Waals surface area (Å²) < 4.78 is 0. The minimum absolute atomic E-state index is 0.192. The lowest BCUT2D eigenvalue weighted by atomic mass is 10.1. The van der Waals surface area contributed by atoms with E-state index in [1.165, 1.54) is 4.88 Å². The number of aromatic nitrogens is 1. The molecule has 96 valence electrons. The van der Waals surface area contributed by atoms with Gasteiger partial charge in [-0.25, -0.2) is 0 Å². The van der Waals surface area contributed by atoms with Crippen molar-refractivity contribution in [2.45, 2.75) is 25.8 Å². The van der Waals surface area contributed by atoms with Crippen molar-refractivity contribution in [2.75, 3.05) is 6.54 Å². The van der Waals surface area contributed by atoms with Crippen LogP contribution in [0.2, 0.25) is 5.02 Å². The van der Waals surface area contributed by atoms with Crippen molar-refractivity contribution in [3.05, 3.63) is 51.4 Å². The molecule has 1 unspecified atom stereocenters. The van der Waals surface area contributed by atoms with E-state index in [-0.39, 0.29) is 6.04 Å². The number of hydrogen-bond donors (Lipinski definition) is 1. The maximum absolute atomic E-state index is 6.24. The first kappa shape index (κ1) is 13.5. The average molecular weight is 281 g/mol. The Morgan fingerprint density at radius 1 is 1.39 bits per heavy atom. The molecule has 1 N–H and O–H groups in total. The van der Waals surface area contributed by atoms with Crippen molar-refractivity contribution in [3.63, 3.8) is 0 Å². The highest BCUT2D eigenvalue weighted by atomic mass is 35.5. The zero-order valence-electron chi connectivity index (χ0n) is 10.4. The van der Waals surface area contributed by atoms with Gasteiger partial charge in [0.15, 0.2) is 0 Å². The topological polar surface area (TPSA) is 24.9 Å². The monoisotopic (exact) mass is 280 g/mol. The smallest absolute Gasteiger partial charge is 0.0762 e. The first-order valence-corrected chi connectivity index (χ1v) is 7.43. The number of pyridine rings is 1. The van der Waals surface area contributed by atoms with E-state index in [2.05, 4.69) is 34.7 Å². The first-order chi connectivity index (χ1) is 8.81. The van der Waals surface area contributed by atoms with Crippen molar-refractivity contribution in [3.8, 4) is 0 Å². The van der Waals surface area contributed by atoms with Gasteiger partial charge >= 0.3 is 0 Å². The maximum atomic E-state index is 6.24. The van der Waals surface area contributed by atoms with Gasteiger partial charge in [-0.2, -0.15) is 0 Å². The van der Waals surface area contributed by atoms with Gasteiger partial charge in [0, 0.05) is 17.5 Å². The highest BCUT2D eigenvalue weighted by Gasteiger charge is 2.16. The van der Waals surface area contributed by atoms with Gasteiger partial charge in [0.1, 0.15) is 0 Å². The zero-order valence-corrected chi connectivity index (χ0v) is 12.0. The first-order valence-electron chi connectivity index (χ1n) is 6.17. The summed E-state index contributed by atoms with van der Waals surface area (Å²) in [6.07, 6.45) is 3.84. The van der Waals surface area contributed by atoms with Crippen LogP contribution < -0.4 is 5.32 Å². The predicted molar refractivity (Wildman–Crippen MR) is 78.3 cm³/mol. The third-order valence-electron chi connectivity index (χ3n) is 2.74. The Morgan fingerprint density at radius 2 is 2.28 bits per heavy atom. The summed E-state index contributed by atoms with van der Waals surface area (Å²) in [5.74, 6) is 0. The second kappa shape index (κ2) is 6.88. The van der Waals surface area contributed by atoms with Crippen LogP contribution in [0.4, 0.5) is 0 Å². The van der Waals surface area contributed by atoms with Crippen molar-refractivity contribution in [2.24, 2.45) is 0 Å². The van der Waals surface area contributed by atoms with Gasteiger partial charge in [-0.1, -0.05) is 24.6 Å². The molecule has 0 spiro atoms. The van der Waals surface area contributed by atoms with E-state index in [1.54, 1.807) is 17.5 Å². The third kappa shape index (κ3) is 3.55. The number of halogens is 1. The summed E-state index contributed by atoms with van der Waals surface area (Å²) in [6, 6.07) is 8.20. The van der Waals surface area contributed by atoms with Crippen LogP contribution in [-0.4, -0.2) is 11.5 Å². The molecule has 0 aliphatic carbocycles. The second-order valence-corrected chi connectivity index (χ2v) is 5.60. The lowest BCUT2D eigenvalue weighted by Crippen LogP contribution is -2.25. The van der Waals surface area contributed by atoms with Gasteiger partial charge in [-0.3, -0.25) is 4.98 Å². The van der Waals surface area contributed by atoms with E-state index in [0.717, 1.165) is 30.1 Å². The molecule has 0 saturated heterocycles. The fourth-order valence-corrected chi connectivity index (χ4v) is 2.87. The largest absolute Gasteiger partial charge is 0.308 e. The molecular weight excluding hydrogens is 264 g/mol. The summed E-state index contributed by atoms with van der Waals surface area (Å²) >= 11 is 8.01. The van der Waals surface area contributed by atoms with Gasteiger partial charge in [0.2, 0.25) is 0 Å². The van der Waals surface area contributed by atoms with Crippen LogP contribution in [0.5, 0.6) is 0 Å². The highest BCUT2D eigenvalue weighted by molar-refractivity contribution is 7.09. The maximum Gasteiger partial charge on any atom is 0.0762 e. The lowest BCUT2D eigenvalue weighted by molar-refractivity contribution is 0.521. The number of rotatable bonds is 6. The second-order valence-electron chi connectivity index (χ2n) is 4.16. The van der Waals surface area contributed by atoms with Gasteiger partial charge in [0.05, 0.1) is 16.8 Å². The fraction of sp³-hybridized carbons (Fsp3) is 0.357.